The van der Waals surface area contributed by atoms with Gasteiger partial charge in [0.15, 0.2) is 0 Å². The van der Waals surface area contributed by atoms with Crippen molar-refractivity contribution in [2.24, 2.45) is 0 Å². The highest BCUT2D eigenvalue weighted by molar-refractivity contribution is 8.01. The topological polar surface area (TPSA) is 73.6 Å². The molecule has 7 heteroatoms. The Balaban J connectivity index is 1.25. The minimum atomic E-state index is -0.0214. The molecule has 3 fully saturated rings. The fourth-order valence-electron chi connectivity index (χ4n) is 4.07. The maximum Gasteiger partial charge on any atom is 0.253 e. The Bertz CT molecular complexity index is 779. The van der Waals surface area contributed by atoms with Gasteiger partial charge in [0, 0.05) is 37.5 Å². The number of carbonyl (C=O) groups excluding carboxylic acids is 2. The molecule has 4 rings (SSSR count). The van der Waals surface area contributed by atoms with Crippen LogP contribution in [0, 0.1) is 11.3 Å². The van der Waals surface area contributed by atoms with Crippen LogP contribution in [0.15, 0.2) is 24.3 Å². The van der Waals surface area contributed by atoms with Crippen molar-refractivity contribution in [1.82, 2.24) is 9.80 Å². The zero-order valence-electron chi connectivity index (χ0n) is 15.2. The van der Waals surface area contributed by atoms with E-state index in [1.165, 1.54) is 0 Å². The smallest absolute Gasteiger partial charge is 0.253 e. The van der Waals surface area contributed by atoms with Gasteiger partial charge in [-0.15, -0.1) is 11.8 Å². The van der Waals surface area contributed by atoms with Gasteiger partial charge in [-0.05, 0) is 37.5 Å². The number of ether oxygens (including phenoxy) is 1. The van der Waals surface area contributed by atoms with E-state index in [-0.39, 0.29) is 29.3 Å². The van der Waals surface area contributed by atoms with Crippen LogP contribution in [0.25, 0.3) is 0 Å². The van der Waals surface area contributed by atoms with Crippen LogP contribution < -0.4 is 0 Å². The van der Waals surface area contributed by atoms with Crippen molar-refractivity contribution in [2.75, 3.05) is 38.5 Å². The number of hydrogen-bond donors (Lipinski definition) is 0. The third-order valence-corrected chi connectivity index (χ3v) is 7.14. The molecular weight excluding hydrogens is 362 g/mol. The van der Waals surface area contributed by atoms with Gasteiger partial charge in [0.2, 0.25) is 5.91 Å². The van der Waals surface area contributed by atoms with Gasteiger partial charge in [0.1, 0.15) is 6.61 Å². The molecule has 1 atom stereocenters. The Morgan fingerprint density at radius 1 is 1.26 bits per heavy atom. The van der Waals surface area contributed by atoms with Gasteiger partial charge in [-0.2, -0.15) is 5.26 Å². The summed E-state index contributed by atoms with van der Waals surface area (Å²) in [5, 5.41) is 8.99. The molecule has 3 heterocycles. The van der Waals surface area contributed by atoms with Gasteiger partial charge in [-0.3, -0.25) is 9.59 Å². The molecule has 2 amide bonds. The zero-order chi connectivity index (χ0) is 18.9. The Hall–Kier alpha value is -2.04. The van der Waals surface area contributed by atoms with Gasteiger partial charge in [0.25, 0.3) is 5.91 Å². The van der Waals surface area contributed by atoms with Crippen LogP contribution in [-0.4, -0.2) is 71.0 Å². The summed E-state index contributed by atoms with van der Waals surface area (Å²) in [6, 6.07) is 8.92. The average Bonchev–Trinajstić information content (AvgIpc) is 3.34. The van der Waals surface area contributed by atoms with E-state index >= 15 is 0 Å². The molecule has 142 valence electrons. The number of likely N-dealkylation sites (tertiary alicyclic amines) is 2. The molecule has 0 radical (unpaired) electrons. The van der Waals surface area contributed by atoms with Gasteiger partial charge in [-0.1, -0.05) is 6.07 Å². The molecule has 1 aromatic carbocycles. The first kappa shape index (κ1) is 18.3. The first-order valence-corrected chi connectivity index (χ1v) is 10.4. The molecule has 0 aromatic heterocycles. The van der Waals surface area contributed by atoms with E-state index in [2.05, 4.69) is 6.07 Å². The molecule has 1 spiro atoms. The van der Waals surface area contributed by atoms with E-state index in [1.807, 2.05) is 21.6 Å². The average molecular weight is 385 g/mol. The number of rotatable bonds is 4. The summed E-state index contributed by atoms with van der Waals surface area (Å²) in [7, 11) is 0. The quantitative estimate of drug-likeness (QED) is 0.791. The maximum absolute atomic E-state index is 12.6. The van der Waals surface area contributed by atoms with E-state index < -0.39 is 0 Å². The minimum absolute atomic E-state index is 0.0214. The number of amides is 2. The van der Waals surface area contributed by atoms with Crippen molar-refractivity contribution in [1.29, 1.82) is 5.26 Å². The Morgan fingerprint density at radius 2 is 2.04 bits per heavy atom. The molecular formula is C20H23N3O3S. The van der Waals surface area contributed by atoms with Crippen molar-refractivity contribution < 1.29 is 14.3 Å². The van der Waals surface area contributed by atoms with Crippen molar-refractivity contribution in [3.05, 3.63) is 35.4 Å². The van der Waals surface area contributed by atoms with E-state index in [4.69, 9.17) is 10.00 Å². The van der Waals surface area contributed by atoms with Crippen LogP contribution in [0.1, 0.15) is 35.2 Å². The molecule has 3 aliphatic heterocycles. The molecule has 27 heavy (non-hydrogen) atoms. The summed E-state index contributed by atoms with van der Waals surface area (Å²) in [6.45, 7) is 3.29. The third-order valence-electron chi connectivity index (χ3n) is 5.56. The predicted molar refractivity (Wildman–Crippen MR) is 102 cm³/mol. The first-order chi connectivity index (χ1) is 13.1. The molecule has 3 aliphatic rings. The molecule has 0 aliphatic carbocycles. The van der Waals surface area contributed by atoms with Crippen LogP contribution in [-0.2, 0) is 9.53 Å². The standard InChI is InChI=1S/C20H23N3O3S/c21-10-15-4-3-5-16(8-15)19(25)23-13-20(14-23)9-17(12-27-20)26-11-18(24)22-6-1-2-7-22/h3-5,8,17H,1-2,6-7,9,11-14H2. The lowest BCUT2D eigenvalue weighted by molar-refractivity contribution is -0.136. The largest absolute Gasteiger partial charge is 0.367 e. The molecule has 6 nitrogen and oxygen atoms in total. The fourth-order valence-corrected chi connectivity index (χ4v) is 5.63. The van der Waals surface area contributed by atoms with Gasteiger partial charge in [0.05, 0.1) is 22.5 Å². The highest BCUT2D eigenvalue weighted by Gasteiger charge is 2.51. The summed E-state index contributed by atoms with van der Waals surface area (Å²) in [4.78, 5) is 28.4. The number of nitrogens with zero attached hydrogens (tertiary/aromatic N) is 3. The highest BCUT2D eigenvalue weighted by atomic mass is 32.2. The maximum atomic E-state index is 12.6. The van der Waals surface area contributed by atoms with Gasteiger partial charge >= 0.3 is 0 Å². The lowest BCUT2D eigenvalue weighted by Gasteiger charge is -2.47. The second-order valence-electron chi connectivity index (χ2n) is 7.57. The van der Waals surface area contributed by atoms with Crippen molar-refractivity contribution in [3.63, 3.8) is 0 Å². The number of thioether (sulfide) groups is 1. The summed E-state index contributed by atoms with van der Waals surface area (Å²) >= 11 is 1.85. The van der Waals surface area contributed by atoms with E-state index in [1.54, 1.807) is 24.3 Å². The Morgan fingerprint density at radius 3 is 2.78 bits per heavy atom. The van der Waals surface area contributed by atoms with E-state index in [0.29, 0.717) is 24.2 Å². The lowest BCUT2D eigenvalue weighted by atomic mass is 9.92. The Kier molecular flexibility index (Phi) is 5.11. The number of hydrogen-bond acceptors (Lipinski definition) is 5. The Labute approximate surface area is 163 Å². The van der Waals surface area contributed by atoms with Crippen LogP contribution in [0.3, 0.4) is 0 Å². The zero-order valence-corrected chi connectivity index (χ0v) is 16.0. The van der Waals surface area contributed by atoms with Crippen LogP contribution >= 0.6 is 11.8 Å². The van der Waals surface area contributed by atoms with Crippen molar-refractivity contribution >= 4 is 23.6 Å². The summed E-state index contributed by atoms with van der Waals surface area (Å²) in [6.07, 6.45) is 3.15. The van der Waals surface area contributed by atoms with Gasteiger partial charge in [-0.25, -0.2) is 0 Å². The van der Waals surface area contributed by atoms with E-state index in [0.717, 1.165) is 38.1 Å². The monoisotopic (exact) mass is 385 g/mol. The normalized spacial score (nSPS) is 23.3. The highest BCUT2D eigenvalue weighted by Crippen LogP contribution is 2.46. The van der Waals surface area contributed by atoms with Gasteiger partial charge < -0.3 is 14.5 Å². The second-order valence-corrected chi connectivity index (χ2v) is 9.06. The SMILES string of the molecule is N#Cc1cccc(C(=O)N2CC3(CC(OCC(=O)N4CCCC4)CS3)C2)c1. The summed E-state index contributed by atoms with van der Waals surface area (Å²) in [5.74, 6) is 0.951. The molecule has 0 bridgehead atoms. The second kappa shape index (κ2) is 7.53. The molecule has 1 aromatic rings. The minimum Gasteiger partial charge on any atom is -0.367 e. The number of benzene rings is 1. The van der Waals surface area contributed by atoms with Crippen molar-refractivity contribution in [3.8, 4) is 6.07 Å². The summed E-state index contributed by atoms with van der Waals surface area (Å²) < 4.78 is 5.93. The van der Waals surface area contributed by atoms with E-state index in [9.17, 15) is 9.59 Å². The van der Waals surface area contributed by atoms with Crippen LogP contribution in [0.5, 0.6) is 0 Å². The van der Waals surface area contributed by atoms with Crippen LogP contribution in [0.4, 0.5) is 0 Å². The molecule has 0 N–H and O–H groups in total. The van der Waals surface area contributed by atoms with Crippen LogP contribution in [0.2, 0.25) is 0 Å². The predicted octanol–water partition coefficient (Wildman–Crippen LogP) is 1.90. The molecule has 0 saturated carbocycles. The number of carbonyl (C=O) groups is 2. The first-order valence-electron chi connectivity index (χ1n) is 9.41. The lowest BCUT2D eigenvalue weighted by Crippen LogP contribution is -2.60. The van der Waals surface area contributed by atoms with Crippen molar-refractivity contribution in [2.45, 2.75) is 30.1 Å². The molecule has 1 unspecified atom stereocenters. The fraction of sp³-hybridized carbons (Fsp3) is 0.550. The third kappa shape index (κ3) is 3.83. The number of nitriles is 1. The molecule has 3 saturated heterocycles. The summed E-state index contributed by atoms with van der Waals surface area (Å²) in [5.41, 5.74) is 1.07.